The Labute approximate surface area is 225 Å². The molecular formula is C27H31F2N5O3S. The van der Waals surface area contributed by atoms with Crippen LogP contribution in [0.4, 0.5) is 20.3 Å². The molecule has 5 rings (SSSR count). The summed E-state index contributed by atoms with van der Waals surface area (Å²) in [7, 11) is 1.52. The van der Waals surface area contributed by atoms with E-state index in [1.54, 1.807) is 6.07 Å². The van der Waals surface area contributed by atoms with Crippen LogP contribution in [0.3, 0.4) is 0 Å². The smallest absolute Gasteiger partial charge is 0.262 e. The van der Waals surface area contributed by atoms with E-state index in [1.807, 2.05) is 12.3 Å². The zero-order valence-electron chi connectivity index (χ0n) is 21.4. The Morgan fingerprint density at radius 2 is 1.89 bits per heavy atom. The number of benzene rings is 1. The van der Waals surface area contributed by atoms with Gasteiger partial charge in [-0.3, -0.25) is 0 Å². The first-order chi connectivity index (χ1) is 18.5. The van der Waals surface area contributed by atoms with E-state index in [1.165, 1.54) is 43.7 Å². The second-order valence-electron chi connectivity index (χ2n) is 9.73. The van der Waals surface area contributed by atoms with Crippen LogP contribution < -0.4 is 14.8 Å². The van der Waals surface area contributed by atoms with Crippen LogP contribution in [-0.2, 0) is 11.2 Å². The summed E-state index contributed by atoms with van der Waals surface area (Å²) in [5.41, 5.74) is 0.285. The van der Waals surface area contributed by atoms with Crippen molar-refractivity contribution >= 4 is 23.3 Å². The van der Waals surface area contributed by atoms with Gasteiger partial charge in [0.1, 0.15) is 24.1 Å². The third-order valence-electron chi connectivity index (χ3n) is 7.21. The number of methoxy groups -OCH3 is 1. The zero-order chi connectivity index (χ0) is 26.5. The molecule has 2 bridgehead atoms. The van der Waals surface area contributed by atoms with Gasteiger partial charge < -0.3 is 19.5 Å². The normalized spacial score (nSPS) is 23.3. The number of fused-ring (bicyclic) bond motifs is 2. The standard InChI is InChI=1S/C27H31F2N5O3S/c1-35-25-26(34-22-7-6-20(38-2)10-21(22)29)32-15-33-27(25)37-24-17-5-3-4-16(8-18(24)14-36-13-17)9-23-30-11-19(28)12-31-23/h6-7,10-12,15-18,24H,3-5,8-9,13-14H2,1-2H3,(H,32,33,34). The number of thioether (sulfide) groups is 1. The number of hydrogen-bond acceptors (Lipinski definition) is 9. The van der Waals surface area contributed by atoms with Gasteiger partial charge in [0.15, 0.2) is 11.6 Å². The second kappa shape index (κ2) is 12.2. The zero-order valence-corrected chi connectivity index (χ0v) is 22.2. The van der Waals surface area contributed by atoms with Crippen LogP contribution in [0.5, 0.6) is 11.6 Å². The molecule has 8 nitrogen and oxygen atoms in total. The molecule has 3 heterocycles. The topological polar surface area (TPSA) is 91.3 Å². The summed E-state index contributed by atoms with van der Waals surface area (Å²) in [6.07, 6.45) is 10.2. The van der Waals surface area contributed by atoms with Gasteiger partial charge in [0.2, 0.25) is 5.75 Å². The summed E-state index contributed by atoms with van der Waals surface area (Å²) in [6, 6.07) is 4.98. The first-order valence-corrected chi connectivity index (χ1v) is 14.0. The highest BCUT2D eigenvalue weighted by Crippen LogP contribution is 2.40. The minimum absolute atomic E-state index is 0.130. The molecule has 202 valence electrons. The maximum absolute atomic E-state index is 14.7. The summed E-state index contributed by atoms with van der Waals surface area (Å²) in [5.74, 6) is 1.46. The van der Waals surface area contributed by atoms with Gasteiger partial charge in [-0.1, -0.05) is 6.42 Å². The second-order valence-corrected chi connectivity index (χ2v) is 10.6. The fraction of sp³-hybridized carbons (Fsp3) is 0.481. The summed E-state index contributed by atoms with van der Waals surface area (Å²) in [5, 5.41) is 3.03. The van der Waals surface area contributed by atoms with Crippen molar-refractivity contribution in [3.05, 3.63) is 54.4 Å². The predicted molar refractivity (Wildman–Crippen MR) is 140 cm³/mol. The van der Waals surface area contributed by atoms with E-state index in [9.17, 15) is 8.78 Å². The molecule has 11 heteroatoms. The SMILES string of the molecule is COc1c(Nc2ccc(SC)cc2F)ncnc1OC1C2CCCC(Cc3ncc(F)cn3)CC1COC2. The first kappa shape index (κ1) is 26.6. The average Bonchev–Trinajstić information content (AvgIpc) is 2.92. The molecule has 0 spiro atoms. The summed E-state index contributed by atoms with van der Waals surface area (Å²) in [6.45, 7) is 1.20. The molecule has 1 aliphatic heterocycles. The van der Waals surface area contributed by atoms with E-state index in [0.717, 1.165) is 30.6 Å². The average molecular weight is 544 g/mol. The van der Waals surface area contributed by atoms with E-state index >= 15 is 0 Å². The molecule has 4 atom stereocenters. The van der Waals surface area contributed by atoms with Gasteiger partial charge in [-0.15, -0.1) is 11.8 Å². The summed E-state index contributed by atoms with van der Waals surface area (Å²) in [4.78, 5) is 17.8. The van der Waals surface area contributed by atoms with Crippen LogP contribution in [0, 0.1) is 29.4 Å². The number of aromatic nitrogens is 4. The molecule has 0 radical (unpaired) electrons. The Hall–Kier alpha value is -3.05. The highest BCUT2D eigenvalue weighted by atomic mass is 32.2. The maximum Gasteiger partial charge on any atom is 0.262 e. The summed E-state index contributed by atoms with van der Waals surface area (Å²) < 4.78 is 46.1. The van der Waals surface area contributed by atoms with Crippen molar-refractivity contribution in [1.29, 1.82) is 0 Å². The molecule has 2 fully saturated rings. The fourth-order valence-corrected chi connectivity index (χ4v) is 5.81. The van der Waals surface area contributed by atoms with Crippen LogP contribution >= 0.6 is 11.8 Å². The Morgan fingerprint density at radius 1 is 1.08 bits per heavy atom. The Morgan fingerprint density at radius 3 is 2.66 bits per heavy atom. The van der Waals surface area contributed by atoms with E-state index in [0.29, 0.717) is 48.8 Å². The van der Waals surface area contributed by atoms with Crippen LogP contribution in [0.15, 0.2) is 41.8 Å². The van der Waals surface area contributed by atoms with Crippen molar-refractivity contribution in [3.63, 3.8) is 0 Å². The molecular weight excluding hydrogens is 512 g/mol. The number of ether oxygens (including phenoxy) is 3. The molecule has 4 unspecified atom stereocenters. The number of nitrogens with one attached hydrogen (secondary N) is 1. The van der Waals surface area contributed by atoms with Crippen molar-refractivity contribution in [1.82, 2.24) is 19.9 Å². The lowest BCUT2D eigenvalue weighted by molar-refractivity contribution is -0.0852. The van der Waals surface area contributed by atoms with Crippen molar-refractivity contribution in [3.8, 4) is 11.6 Å². The number of anilines is 2. The maximum atomic E-state index is 14.7. The Bertz CT molecular complexity index is 1240. The van der Waals surface area contributed by atoms with Crippen molar-refractivity contribution in [2.75, 3.05) is 31.9 Å². The summed E-state index contributed by atoms with van der Waals surface area (Å²) >= 11 is 1.47. The van der Waals surface area contributed by atoms with Gasteiger partial charge in [-0.2, -0.15) is 4.98 Å². The van der Waals surface area contributed by atoms with Crippen LogP contribution in [-0.4, -0.2) is 52.6 Å². The highest BCUT2D eigenvalue weighted by Gasteiger charge is 2.39. The van der Waals surface area contributed by atoms with E-state index < -0.39 is 5.82 Å². The molecule has 38 heavy (non-hydrogen) atoms. The number of hydrogen-bond donors (Lipinski definition) is 1. The molecule has 3 aromatic rings. The lowest BCUT2D eigenvalue weighted by Crippen LogP contribution is -2.46. The highest BCUT2D eigenvalue weighted by molar-refractivity contribution is 7.98. The minimum atomic E-state index is -0.434. The number of rotatable bonds is 8. The molecule has 2 aromatic heterocycles. The third kappa shape index (κ3) is 6.15. The van der Waals surface area contributed by atoms with E-state index in [-0.39, 0.29) is 29.4 Å². The van der Waals surface area contributed by atoms with Crippen LogP contribution in [0.2, 0.25) is 0 Å². The van der Waals surface area contributed by atoms with Gasteiger partial charge in [-0.05, 0) is 49.6 Å². The van der Waals surface area contributed by atoms with Crippen molar-refractivity contribution in [2.45, 2.75) is 43.1 Å². The molecule has 0 amide bonds. The van der Waals surface area contributed by atoms with Crippen molar-refractivity contribution < 1.29 is 23.0 Å². The Kier molecular flexibility index (Phi) is 8.53. The minimum Gasteiger partial charge on any atom is -0.489 e. The third-order valence-corrected chi connectivity index (χ3v) is 7.94. The predicted octanol–water partition coefficient (Wildman–Crippen LogP) is 5.46. The quantitative estimate of drug-likeness (QED) is 0.372. The van der Waals surface area contributed by atoms with Gasteiger partial charge in [0.05, 0.1) is 38.4 Å². The fourth-order valence-electron chi connectivity index (χ4n) is 5.39. The molecule has 1 saturated heterocycles. The number of halogens is 2. The molecule has 1 aromatic carbocycles. The first-order valence-electron chi connectivity index (χ1n) is 12.7. The van der Waals surface area contributed by atoms with Crippen molar-refractivity contribution in [2.24, 2.45) is 17.8 Å². The van der Waals surface area contributed by atoms with Gasteiger partial charge in [-0.25, -0.2) is 23.7 Å². The molecule has 1 saturated carbocycles. The van der Waals surface area contributed by atoms with Crippen LogP contribution in [0.25, 0.3) is 0 Å². The molecule has 2 aliphatic rings. The van der Waals surface area contributed by atoms with E-state index in [2.05, 4.69) is 25.3 Å². The molecule has 1 N–H and O–H groups in total. The largest absolute Gasteiger partial charge is 0.489 e. The van der Waals surface area contributed by atoms with Gasteiger partial charge in [0, 0.05) is 23.2 Å². The molecule has 1 aliphatic carbocycles. The lowest BCUT2D eigenvalue weighted by atomic mass is 9.75. The Balaban J connectivity index is 1.35. The lowest BCUT2D eigenvalue weighted by Gasteiger charge is -2.41. The van der Waals surface area contributed by atoms with Gasteiger partial charge in [0.25, 0.3) is 5.88 Å². The number of nitrogens with zero attached hydrogens (tertiary/aromatic N) is 4. The monoisotopic (exact) mass is 543 g/mol. The van der Waals surface area contributed by atoms with Gasteiger partial charge >= 0.3 is 0 Å². The van der Waals surface area contributed by atoms with Crippen LogP contribution in [0.1, 0.15) is 31.5 Å². The van der Waals surface area contributed by atoms with E-state index in [4.69, 9.17) is 14.2 Å².